The molecule has 2 aromatic rings. The molecule has 0 saturated heterocycles. The van der Waals surface area contributed by atoms with Crippen molar-refractivity contribution in [2.45, 2.75) is 0 Å². The normalized spacial score (nSPS) is 10.1. The van der Waals surface area contributed by atoms with Crippen LogP contribution in [-0.4, -0.2) is 21.9 Å². The van der Waals surface area contributed by atoms with Gasteiger partial charge in [0.05, 0.1) is 16.2 Å². The number of amides is 1. The van der Waals surface area contributed by atoms with E-state index in [1.54, 1.807) is 0 Å². The quantitative estimate of drug-likeness (QED) is 0.633. The number of anilines is 1. The molecule has 0 radical (unpaired) electrons. The zero-order valence-corrected chi connectivity index (χ0v) is 12.6. The van der Waals surface area contributed by atoms with Gasteiger partial charge in [-0.3, -0.25) is 14.9 Å². The molecule has 0 fully saturated rings. The van der Waals surface area contributed by atoms with Gasteiger partial charge in [-0.2, -0.15) is 0 Å². The number of non-ortho nitro benzene ring substituents is 1. The first-order chi connectivity index (χ1) is 9.90. The number of halogens is 1. The predicted octanol–water partition coefficient (Wildman–Crippen LogP) is 3.37. The summed E-state index contributed by atoms with van der Waals surface area (Å²) in [5, 5.41) is 23.7. The van der Waals surface area contributed by atoms with E-state index in [1.165, 1.54) is 23.6 Å². The summed E-state index contributed by atoms with van der Waals surface area (Å²) in [6.07, 6.45) is 0. The molecular formula is C12H7BrN2O5S. The zero-order chi connectivity index (χ0) is 15.6. The van der Waals surface area contributed by atoms with Crippen LogP contribution in [0.2, 0.25) is 0 Å². The number of nitrogens with zero attached hydrogens (tertiary/aromatic N) is 1. The minimum absolute atomic E-state index is 0.00935. The van der Waals surface area contributed by atoms with Crippen molar-refractivity contribution in [3.8, 4) is 0 Å². The van der Waals surface area contributed by atoms with Gasteiger partial charge < -0.3 is 10.4 Å². The van der Waals surface area contributed by atoms with Gasteiger partial charge >= 0.3 is 5.97 Å². The number of nitro benzene ring substituents is 1. The van der Waals surface area contributed by atoms with Gasteiger partial charge in [0.1, 0.15) is 4.88 Å². The largest absolute Gasteiger partial charge is 0.477 e. The Morgan fingerprint density at radius 1 is 1.33 bits per heavy atom. The van der Waals surface area contributed by atoms with Crippen molar-refractivity contribution in [1.82, 2.24) is 0 Å². The van der Waals surface area contributed by atoms with E-state index in [4.69, 9.17) is 5.11 Å². The summed E-state index contributed by atoms with van der Waals surface area (Å²) in [5.74, 6) is -1.79. The molecule has 1 aromatic heterocycles. The maximum Gasteiger partial charge on any atom is 0.348 e. The van der Waals surface area contributed by atoms with E-state index in [-0.39, 0.29) is 21.8 Å². The Labute approximate surface area is 130 Å². The molecule has 0 unspecified atom stereocenters. The summed E-state index contributed by atoms with van der Waals surface area (Å²) in [4.78, 5) is 33.2. The molecule has 108 valence electrons. The van der Waals surface area contributed by atoms with Crippen LogP contribution in [0.25, 0.3) is 0 Å². The van der Waals surface area contributed by atoms with Crippen molar-refractivity contribution in [3.05, 3.63) is 54.7 Å². The first-order valence-corrected chi connectivity index (χ1v) is 7.13. The summed E-state index contributed by atoms with van der Waals surface area (Å²) < 4.78 is 0.373. The van der Waals surface area contributed by atoms with Gasteiger partial charge in [-0.05, 0) is 33.4 Å². The van der Waals surface area contributed by atoms with Crippen LogP contribution < -0.4 is 5.32 Å². The molecule has 7 nitrogen and oxygen atoms in total. The molecule has 1 aromatic carbocycles. The van der Waals surface area contributed by atoms with Gasteiger partial charge in [0.2, 0.25) is 0 Å². The molecule has 0 atom stereocenters. The van der Waals surface area contributed by atoms with Gasteiger partial charge in [-0.1, -0.05) is 0 Å². The number of rotatable bonds is 4. The minimum atomic E-state index is -1.15. The highest BCUT2D eigenvalue weighted by molar-refractivity contribution is 9.10. The van der Waals surface area contributed by atoms with Crippen LogP contribution in [0.15, 0.2) is 34.1 Å². The lowest BCUT2D eigenvalue weighted by Crippen LogP contribution is -2.14. The Kier molecular flexibility index (Phi) is 4.34. The van der Waals surface area contributed by atoms with E-state index in [9.17, 15) is 19.7 Å². The van der Waals surface area contributed by atoms with Crippen LogP contribution in [0.3, 0.4) is 0 Å². The van der Waals surface area contributed by atoms with Gasteiger partial charge in [0, 0.05) is 16.6 Å². The topological polar surface area (TPSA) is 110 Å². The average molecular weight is 371 g/mol. The predicted molar refractivity (Wildman–Crippen MR) is 80.0 cm³/mol. The molecule has 2 N–H and O–H groups in total. The van der Waals surface area contributed by atoms with E-state index in [2.05, 4.69) is 21.2 Å². The molecule has 0 spiro atoms. The third-order valence-electron chi connectivity index (χ3n) is 2.51. The number of carboxylic acid groups (broad SMARTS) is 1. The van der Waals surface area contributed by atoms with Gasteiger partial charge in [0.25, 0.3) is 11.6 Å². The number of carbonyl (C=O) groups is 2. The maximum atomic E-state index is 12.1. The second kappa shape index (κ2) is 6.02. The van der Waals surface area contributed by atoms with Crippen molar-refractivity contribution < 1.29 is 19.6 Å². The zero-order valence-electron chi connectivity index (χ0n) is 10.2. The lowest BCUT2D eigenvalue weighted by atomic mass is 10.2. The van der Waals surface area contributed by atoms with Crippen LogP contribution in [0, 0.1) is 10.1 Å². The summed E-state index contributed by atoms with van der Waals surface area (Å²) in [5.41, 5.74) is -0.0326. The standard InChI is InChI=1S/C12H7BrN2O5S/c13-8-2-1-6(15(19)20)5-7(8)11(16)14-9-3-4-21-10(9)12(17)18/h1-5H,(H,14,16)(H,17,18). The van der Waals surface area contributed by atoms with Gasteiger partial charge in [0.15, 0.2) is 0 Å². The Morgan fingerprint density at radius 2 is 2.05 bits per heavy atom. The fourth-order valence-corrected chi connectivity index (χ4v) is 2.68. The minimum Gasteiger partial charge on any atom is -0.477 e. The fourth-order valence-electron chi connectivity index (χ4n) is 1.56. The lowest BCUT2D eigenvalue weighted by molar-refractivity contribution is -0.384. The van der Waals surface area contributed by atoms with E-state index < -0.39 is 16.8 Å². The van der Waals surface area contributed by atoms with Crippen LogP contribution >= 0.6 is 27.3 Å². The second-order valence-electron chi connectivity index (χ2n) is 3.84. The Balaban J connectivity index is 2.32. The number of hydrogen-bond donors (Lipinski definition) is 2. The Hall–Kier alpha value is -2.26. The SMILES string of the molecule is O=C(Nc1ccsc1C(=O)O)c1cc([N+](=O)[O-])ccc1Br. The molecule has 1 amide bonds. The van der Waals surface area contributed by atoms with E-state index in [1.807, 2.05) is 0 Å². The summed E-state index contributed by atoms with van der Waals surface area (Å²) in [6, 6.07) is 5.22. The molecule has 0 aliphatic heterocycles. The number of benzene rings is 1. The molecule has 0 bridgehead atoms. The van der Waals surface area contributed by atoms with E-state index in [0.29, 0.717) is 4.47 Å². The summed E-state index contributed by atoms with van der Waals surface area (Å²) >= 11 is 4.11. The number of carbonyl (C=O) groups excluding carboxylic acids is 1. The van der Waals surface area contributed by atoms with E-state index >= 15 is 0 Å². The molecule has 2 rings (SSSR count). The summed E-state index contributed by atoms with van der Waals surface area (Å²) in [6.45, 7) is 0. The first-order valence-electron chi connectivity index (χ1n) is 5.46. The van der Waals surface area contributed by atoms with Crippen molar-refractivity contribution in [3.63, 3.8) is 0 Å². The third kappa shape index (κ3) is 3.26. The number of nitrogens with one attached hydrogen (secondary N) is 1. The third-order valence-corrected chi connectivity index (χ3v) is 4.11. The van der Waals surface area contributed by atoms with Crippen LogP contribution in [0.4, 0.5) is 11.4 Å². The highest BCUT2D eigenvalue weighted by Crippen LogP contribution is 2.26. The lowest BCUT2D eigenvalue weighted by Gasteiger charge is -2.06. The maximum absolute atomic E-state index is 12.1. The fraction of sp³-hybridized carbons (Fsp3) is 0. The molecule has 1 heterocycles. The number of carboxylic acids is 1. The van der Waals surface area contributed by atoms with Crippen LogP contribution in [0.5, 0.6) is 0 Å². The monoisotopic (exact) mass is 370 g/mol. The molecule has 0 saturated carbocycles. The molecular weight excluding hydrogens is 364 g/mol. The van der Waals surface area contributed by atoms with Crippen molar-refractivity contribution in [2.75, 3.05) is 5.32 Å². The summed E-state index contributed by atoms with van der Waals surface area (Å²) in [7, 11) is 0. The van der Waals surface area contributed by atoms with Crippen molar-refractivity contribution >= 4 is 50.5 Å². The first kappa shape index (κ1) is 15.1. The Morgan fingerprint density at radius 3 is 2.67 bits per heavy atom. The van der Waals surface area contributed by atoms with Gasteiger partial charge in [-0.25, -0.2) is 4.79 Å². The van der Waals surface area contributed by atoms with Crippen molar-refractivity contribution in [2.24, 2.45) is 0 Å². The number of aromatic carboxylic acids is 1. The smallest absolute Gasteiger partial charge is 0.348 e. The number of thiophene rings is 1. The molecule has 0 aliphatic carbocycles. The molecule has 21 heavy (non-hydrogen) atoms. The molecule has 0 aliphatic rings. The highest BCUT2D eigenvalue weighted by Gasteiger charge is 2.19. The highest BCUT2D eigenvalue weighted by atomic mass is 79.9. The average Bonchev–Trinajstić information content (AvgIpc) is 2.87. The number of nitro groups is 1. The number of hydrogen-bond acceptors (Lipinski definition) is 5. The van der Waals surface area contributed by atoms with Crippen LogP contribution in [0.1, 0.15) is 20.0 Å². The Bertz CT molecular complexity index is 743. The second-order valence-corrected chi connectivity index (χ2v) is 5.61. The molecule has 9 heteroatoms. The van der Waals surface area contributed by atoms with Gasteiger partial charge in [-0.15, -0.1) is 11.3 Å². The van der Waals surface area contributed by atoms with Crippen molar-refractivity contribution in [1.29, 1.82) is 0 Å². The van der Waals surface area contributed by atoms with Crippen LogP contribution in [-0.2, 0) is 0 Å². The van der Waals surface area contributed by atoms with E-state index in [0.717, 1.165) is 17.4 Å².